The van der Waals surface area contributed by atoms with Gasteiger partial charge in [-0.25, -0.2) is 0 Å². The molecule has 4 nitrogen and oxygen atoms in total. The van der Waals surface area contributed by atoms with Crippen molar-refractivity contribution >= 4 is 15.9 Å². The van der Waals surface area contributed by atoms with Gasteiger partial charge in [0.15, 0.2) is 0 Å². The predicted octanol–water partition coefficient (Wildman–Crippen LogP) is 2.69. The fourth-order valence-electron chi connectivity index (χ4n) is 2.08. The van der Waals surface area contributed by atoms with E-state index in [-0.39, 0.29) is 6.04 Å². The molecule has 1 N–H and O–H groups in total. The first-order valence-corrected chi connectivity index (χ1v) is 6.91. The number of benzene rings is 1. The SMILES string of the molecule is CNC(Cc1ccc(OC)c(Br)c1)c1cnn(C)c1. The summed E-state index contributed by atoms with van der Waals surface area (Å²) in [6.45, 7) is 0. The highest BCUT2D eigenvalue weighted by Crippen LogP contribution is 2.27. The topological polar surface area (TPSA) is 39.1 Å². The number of methoxy groups -OCH3 is 1. The van der Waals surface area contributed by atoms with Gasteiger partial charge in [0.1, 0.15) is 5.75 Å². The summed E-state index contributed by atoms with van der Waals surface area (Å²) in [5.74, 6) is 0.853. The molecule has 5 heteroatoms. The molecule has 0 spiro atoms. The number of rotatable bonds is 5. The van der Waals surface area contributed by atoms with E-state index in [4.69, 9.17) is 4.74 Å². The highest BCUT2D eigenvalue weighted by atomic mass is 79.9. The van der Waals surface area contributed by atoms with Gasteiger partial charge in [-0.15, -0.1) is 0 Å². The highest BCUT2D eigenvalue weighted by molar-refractivity contribution is 9.10. The maximum absolute atomic E-state index is 5.24. The third-order valence-corrected chi connectivity index (χ3v) is 3.75. The van der Waals surface area contributed by atoms with Gasteiger partial charge in [0, 0.05) is 24.8 Å². The molecule has 0 radical (unpaired) electrons. The van der Waals surface area contributed by atoms with Crippen molar-refractivity contribution in [2.24, 2.45) is 7.05 Å². The molecule has 1 aromatic heterocycles. The molecule has 0 aliphatic rings. The van der Waals surface area contributed by atoms with Crippen LogP contribution in [0.4, 0.5) is 0 Å². The summed E-state index contributed by atoms with van der Waals surface area (Å²) in [5, 5.41) is 7.55. The van der Waals surface area contributed by atoms with Crippen LogP contribution in [-0.2, 0) is 13.5 Å². The van der Waals surface area contributed by atoms with Crippen molar-refractivity contribution in [1.82, 2.24) is 15.1 Å². The summed E-state index contributed by atoms with van der Waals surface area (Å²) in [5.41, 5.74) is 2.44. The van der Waals surface area contributed by atoms with Crippen LogP contribution in [0.2, 0.25) is 0 Å². The molecule has 102 valence electrons. The van der Waals surface area contributed by atoms with E-state index >= 15 is 0 Å². The first kappa shape index (κ1) is 14.1. The molecule has 1 unspecified atom stereocenters. The largest absolute Gasteiger partial charge is 0.496 e. The number of aromatic nitrogens is 2. The monoisotopic (exact) mass is 323 g/mol. The van der Waals surface area contributed by atoms with Crippen LogP contribution in [0.3, 0.4) is 0 Å². The number of nitrogens with zero attached hydrogens (tertiary/aromatic N) is 2. The Morgan fingerprint density at radius 1 is 1.47 bits per heavy atom. The summed E-state index contributed by atoms with van der Waals surface area (Å²) in [6.07, 6.45) is 4.85. The Hall–Kier alpha value is -1.33. The first-order valence-electron chi connectivity index (χ1n) is 6.12. The van der Waals surface area contributed by atoms with Crippen LogP contribution in [0.5, 0.6) is 5.75 Å². The van der Waals surface area contributed by atoms with Gasteiger partial charge >= 0.3 is 0 Å². The number of halogens is 1. The summed E-state index contributed by atoms with van der Waals surface area (Å²) < 4.78 is 8.05. The van der Waals surface area contributed by atoms with E-state index in [0.717, 1.165) is 16.6 Å². The molecule has 1 atom stereocenters. The summed E-state index contributed by atoms with van der Waals surface area (Å²) in [6, 6.07) is 6.42. The van der Waals surface area contributed by atoms with E-state index in [0.29, 0.717) is 0 Å². The molecule has 0 amide bonds. The Balaban J connectivity index is 2.16. The van der Waals surface area contributed by atoms with Crippen LogP contribution in [0.15, 0.2) is 35.1 Å². The van der Waals surface area contributed by atoms with Crippen LogP contribution >= 0.6 is 15.9 Å². The van der Waals surface area contributed by atoms with Crippen LogP contribution in [0, 0.1) is 0 Å². The molecule has 0 aliphatic heterocycles. The normalized spacial score (nSPS) is 12.4. The molecule has 0 saturated heterocycles. The predicted molar refractivity (Wildman–Crippen MR) is 79.4 cm³/mol. The third-order valence-electron chi connectivity index (χ3n) is 3.13. The van der Waals surface area contributed by atoms with Crippen molar-refractivity contribution in [3.05, 3.63) is 46.2 Å². The van der Waals surface area contributed by atoms with Crippen molar-refractivity contribution in [2.75, 3.05) is 14.2 Å². The smallest absolute Gasteiger partial charge is 0.133 e. The van der Waals surface area contributed by atoms with Crippen molar-refractivity contribution in [1.29, 1.82) is 0 Å². The molecule has 1 aromatic carbocycles. The first-order chi connectivity index (χ1) is 9.13. The fraction of sp³-hybridized carbons (Fsp3) is 0.357. The van der Waals surface area contributed by atoms with Crippen molar-refractivity contribution < 1.29 is 4.74 Å². The molecule has 19 heavy (non-hydrogen) atoms. The van der Waals surface area contributed by atoms with E-state index in [1.165, 1.54) is 11.1 Å². The number of hydrogen-bond acceptors (Lipinski definition) is 3. The van der Waals surface area contributed by atoms with Gasteiger partial charge in [0.2, 0.25) is 0 Å². The van der Waals surface area contributed by atoms with Crippen molar-refractivity contribution in [3.8, 4) is 5.75 Å². The lowest BCUT2D eigenvalue weighted by molar-refractivity contribution is 0.412. The minimum absolute atomic E-state index is 0.258. The van der Waals surface area contributed by atoms with E-state index < -0.39 is 0 Å². The number of hydrogen-bond donors (Lipinski definition) is 1. The second-order valence-electron chi connectivity index (χ2n) is 4.46. The molecule has 0 bridgehead atoms. The van der Waals surface area contributed by atoms with Crippen LogP contribution < -0.4 is 10.1 Å². The standard InChI is InChI=1S/C14H18BrN3O/c1-16-13(11-8-17-18(2)9-11)7-10-4-5-14(19-3)12(15)6-10/h4-6,8-9,13,16H,7H2,1-3H3. The Labute approximate surface area is 121 Å². The summed E-state index contributed by atoms with van der Waals surface area (Å²) in [7, 11) is 5.57. The second kappa shape index (κ2) is 6.21. The van der Waals surface area contributed by atoms with Crippen LogP contribution in [-0.4, -0.2) is 23.9 Å². The molecule has 1 heterocycles. The molecular formula is C14H18BrN3O. The summed E-state index contributed by atoms with van der Waals surface area (Å²) in [4.78, 5) is 0. The average Bonchev–Trinajstić information content (AvgIpc) is 2.82. The molecule has 0 aliphatic carbocycles. The van der Waals surface area contributed by atoms with Crippen molar-refractivity contribution in [2.45, 2.75) is 12.5 Å². The lowest BCUT2D eigenvalue weighted by Gasteiger charge is -2.15. The molecular weight excluding hydrogens is 306 g/mol. The van der Waals surface area contributed by atoms with Gasteiger partial charge in [0.05, 0.1) is 17.8 Å². The van der Waals surface area contributed by atoms with Gasteiger partial charge in [-0.3, -0.25) is 4.68 Å². The van der Waals surface area contributed by atoms with Gasteiger partial charge in [-0.2, -0.15) is 5.10 Å². The van der Waals surface area contributed by atoms with E-state index in [9.17, 15) is 0 Å². The maximum atomic E-state index is 5.24. The third kappa shape index (κ3) is 3.36. The zero-order valence-electron chi connectivity index (χ0n) is 11.4. The fourth-order valence-corrected chi connectivity index (χ4v) is 2.67. The van der Waals surface area contributed by atoms with E-state index in [1.54, 1.807) is 7.11 Å². The quantitative estimate of drug-likeness (QED) is 0.919. The average molecular weight is 324 g/mol. The number of ether oxygens (including phenoxy) is 1. The zero-order chi connectivity index (χ0) is 13.8. The van der Waals surface area contributed by atoms with E-state index in [2.05, 4.69) is 38.5 Å². The summed E-state index contributed by atoms with van der Waals surface area (Å²) >= 11 is 3.52. The molecule has 0 fully saturated rings. The maximum Gasteiger partial charge on any atom is 0.133 e. The van der Waals surface area contributed by atoms with Gasteiger partial charge in [0.25, 0.3) is 0 Å². The molecule has 2 rings (SSSR count). The van der Waals surface area contributed by atoms with Crippen LogP contribution in [0.1, 0.15) is 17.2 Å². The second-order valence-corrected chi connectivity index (χ2v) is 5.32. The lowest BCUT2D eigenvalue weighted by atomic mass is 10.0. The zero-order valence-corrected chi connectivity index (χ0v) is 12.9. The van der Waals surface area contributed by atoms with Gasteiger partial charge in [-0.05, 0) is 47.1 Å². The van der Waals surface area contributed by atoms with Crippen molar-refractivity contribution in [3.63, 3.8) is 0 Å². The Bertz CT molecular complexity index is 553. The minimum Gasteiger partial charge on any atom is -0.496 e. The van der Waals surface area contributed by atoms with E-state index in [1.807, 2.05) is 37.2 Å². The van der Waals surface area contributed by atoms with Gasteiger partial charge < -0.3 is 10.1 Å². The Morgan fingerprint density at radius 2 is 2.26 bits per heavy atom. The Kier molecular flexibility index (Phi) is 4.61. The van der Waals surface area contributed by atoms with Gasteiger partial charge in [-0.1, -0.05) is 6.07 Å². The molecule has 0 saturated carbocycles. The number of likely N-dealkylation sites (N-methyl/N-ethyl adjacent to an activating group) is 1. The van der Waals surface area contributed by atoms with Crippen LogP contribution in [0.25, 0.3) is 0 Å². The lowest BCUT2D eigenvalue weighted by Crippen LogP contribution is -2.18. The Morgan fingerprint density at radius 3 is 2.79 bits per heavy atom. The number of nitrogens with one attached hydrogen (secondary N) is 1. The highest BCUT2D eigenvalue weighted by Gasteiger charge is 2.12. The molecule has 2 aromatic rings. The number of aryl methyl sites for hydroxylation is 1. The minimum atomic E-state index is 0.258.